The van der Waals surface area contributed by atoms with Crippen LogP contribution in [0, 0.1) is 11.6 Å². The molecular formula is C14H17F2N3O3. The molecule has 8 heteroatoms. The third-order valence-corrected chi connectivity index (χ3v) is 2.84. The van der Waals surface area contributed by atoms with Gasteiger partial charge in [-0.3, -0.25) is 14.4 Å². The van der Waals surface area contributed by atoms with Crippen LogP contribution in [-0.4, -0.2) is 29.8 Å². The predicted molar refractivity (Wildman–Crippen MR) is 74.5 cm³/mol. The van der Waals surface area contributed by atoms with Crippen LogP contribution in [0.2, 0.25) is 0 Å². The van der Waals surface area contributed by atoms with Crippen molar-refractivity contribution in [1.82, 2.24) is 10.6 Å². The second-order valence-corrected chi connectivity index (χ2v) is 4.88. The quantitative estimate of drug-likeness (QED) is 0.689. The zero-order valence-electron chi connectivity index (χ0n) is 12.2. The highest BCUT2D eigenvalue weighted by Gasteiger charge is 2.19. The number of carbonyl (C=O) groups is 3. The van der Waals surface area contributed by atoms with Gasteiger partial charge in [-0.2, -0.15) is 0 Å². The first-order valence-electron chi connectivity index (χ1n) is 6.53. The molecule has 0 aliphatic carbocycles. The Hall–Kier alpha value is -2.51. The second-order valence-electron chi connectivity index (χ2n) is 4.88. The Morgan fingerprint density at radius 2 is 1.59 bits per heavy atom. The molecule has 22 heavy (non-hydrogen) atoms. The molecule has 0 radical (unpaired) electrons. The molecule has 0 aliphatic rings. The monoisotopic (exact) mass is 313 g/mol. The summed E-state index contributed by atoms with van der Waals surface area (Å²) < 4.78 is 26.0. The maximum Gasteiger partial charge on any atom is 0.242 e. The Kier molecular flexibility index (Phi) is 5.97. The zero-order valence-corrected chi connectivity index (χ0v) is 12.2. The third-order valence-electron chi connectivity index (χ3n) is 2.84. The SMILES string of the molecule is CC(NC(=O)C(C)NC(=O)Cc1cc(F)cc(F)c1)C(N)=O. The van der Waals surface area contributed by atoms with E-state index in [1.807, 2.05) is 0 Å². The average Bonchev–Trinajstić information content (AvgIpc) is 2.36. The molecule has 1 aromatic rings. The van der Waals surface area contributed by atoms with Crippen molar-refractivity contribution in [2.45, 2.75) is 32.4 Å². The van der Waals surface area contributed by atoms with E-state index in [-0.39, 0.29) is 12.0 Å². The van der Waals surface area contributed by atoms with Crippen LogP contribution in [0.4, 0.5) is 8.78 Å². The van der Waals surface area contributed by atoms with Gasteiger partial charge in [-0.1, -0.05) is 0 Å². The third kappa shape index (κ3) is 5.47. The number of benzene rings is 1. The Bertz CT molecular complexity index is 572. The van der Waals surface area contributed by atoms with Crippen molar-refractivity contribution >= 4 is 17.7 Å². The lowest BCUT2D eigenvalue weighted by Gasteiger charge is -2.16. The van der Waals surface area contributed by atoms with E-state index in [0.717, 1.165) is 12.1 Å². The van der Waals surface area contributed by atoms with E-state index in [2.05, 4.69) is 10.6 Å². The number of carbonyl (C=O) groups excluding carboxylic acids is 3. The summed E-state index contributed by atoms with van der Waals surface area (Å²) >= 11 is 0. The minimum Gasteiger partial charge on any atom is -0.368 e. The molecule has 4 N–H and O–H groups in total. The summed E-state index contributed by atoms with van der Waals surface area (Å²) in [6.07, 6.45) is -0.280. The molecule has 0 saturated heterocycles. The topological polar surface area (TPSA) is 101 Å². The van der Waals surface area contributed by atoms with Crippen molar-refractivity contribution < 1.29 is 23.2 Å². The first-order chi connectivity index (χ1) is 10.2. The van der Waals surface area contributed by atoms with Gasteiger partial charge in [0.15, 0.2) is 0 Å². The summed E-state index contributed by atoms with van der Waals surface area (Å²) in [7, 11) is 0. The van der Waals surface area contributed by atoms with Crippen molar-refractivity contribution in [1.29, 1.82) is 0 Å². The van der Waals surface area contributed by atoms with Gasteiger partial charge in [0.1, 0.15) is 23.7 Å². The van der Waals surface area contributed by atoms with Crippen LogP contribution in [0.5, 0.6) is 0 Å². The van der Waals surface area contributed by atoms with Crippen LogP contribution >= 0.6 is 0 Å². The van der Waals surface area contributed by atoms with Crippen molar-refractivity contribution in [2.75, 3.05) is 0 Å². The van der Waals surface area contributed by atoms with Gasteiger partial charge in [-0.25, -0.2) is 8.78 Å². The van der Waals surface area contributed by atoms with Gasteiger partial charge in [-0.05, 0) is 31.5 Å². The number of nitrogens with one attached hydrogen (secondary N) is 2. The molecule has 0 spiro atoms. The largest absolute Gasteiger partial charge is 0.368 e. The van der Waals surface area contributed by atoms with Crippen LogP contribution in [0.1, 0.15) is 19.4 Å². The molecule has 0 aliphatic heterocycles. The summed E-state index contributed by atoms with van der Waals surface area (Å²) in [5.41, 5.74) is 5.15. The number of nitrogens with two attached hydrogens (primary N) is 1. The summed E-state index contributed by atoms with van der Waals surface area (Å²) in [4.78, 5) is 34.3. The summed E-state index contributed by atoms with van der Waals surface area (Å²) in [5.74, 6) is -3.46. The normalized spacial score (nSPS) is 13.1. The standard InChI is InChI=1S/C14H17F2N3O3/c1-7(13(17)21)19-14(22)8(2)18-12(20)5-9-3-10(15)6-11(16)4-9/h3-4,6-8H,5H2,1-2H3,(H2,17,21)(H,18,20)(H,19,22). The lowest BCUT2D eigenvalue weighted by molar-refractivity contribution is -0.130. The molecule has 0 aromatic heterocycles. The Labute approximate surface area is 126 Å². The van der Waals surface area contributed by atoms with Gasteiger partial charge in [0.05, 0.1) is 6.42 Å². The van der Waals surface area contributed by atoms with Gasteiger partial charge >= 0.3 is 0 Å². The molecule has 3 amide bonds. The molecule has 2 atom stereocenters. The van der Waals surface area contributed by atoms with E-state index in [0.29, 0.717) is 6.07 Å². The number of rotatable bonds is 6. The maximum atomic E-state index is 13.0. The minimum absolute atomic E-state index is 0.146. The highest BCUT2D eigenvalue weighted by molar-refractivity contribution is 5.91. The Morgan fingerprint density at radius 1 is 1.05 bits per heavy atom. The van der Waals surface area contributed by atoms with Crippen molar-refractivity contribution in [3.05, 3.63) is 35.4 Å². The lowest BCUT2D eigenvalue weighted by Crippen LogP contribution is -2.50. The van der Waals surface area contributed by atoms with Gasteiger partial charge < -0.3 is 16.4 Å². The highest BCUT2D eigenvalue weighted by Crippen LogP contribution is 2.08. The lowest BCUT2D eigenvalue weighted by atomic mass is 10.1. The van der Waals surface area contributed by atoms with E-state index in [1.54, 1.807) is 0 Å². The van der Waals surface area contributed by atoms with Crippen LogP contribution in [0.15, 0.2) is 18.2 Å². The van der Waals surface area contributed by atoms with E-state index in [1.165, 1.54) is 13.8 Å². The van der Waals surface area contributed by atoms with E-state index in [4.69, 9.17) is 5.73 Å². The molecule has 0 bridgehead atoms. The number of halogens is 2. The number of primary amides is 1. The van der Waals surface area contributed by atoms with Crippen LogP contribution in [-0.2, 0) is 20.8 Å². The molecule has 1 rings (SSSR count). The first-order valence-corrected chi connectivity index (χ1v) is 6.53. The van der Waals surface area contributed by atoms with Crippen molar-refractivity contribution in [3.8, 4) is 0 Å². The molecule has 0 saturated carbocycles. The van der Waals surface area contributed by atoms with Crippen molar-refractivity contribution in [3.63, 3.8) is 0 Å². The summed E-state index contributed by atoms with van der Waals surface area (Å²) in [6, 6.07) is 0.963. The van der Waals surface area contributed by atoms with Crippen LogP contribution in [0.3, 0.4) is 0 Å². The fourth-order valence-electron chi connectivity index (χ4n) is 1.67. The Morgan fingerprint density at radius 3 is 2.09 bits per heavy atom. The fourth-order valence-corrected chi connectivity index (χ4v) is 1.67. The minimum atomic E-state index is -0.923. The van der Waals surface area contributed by atoms with E-state index >= 15 is 0 Å². The number of hydrogen-bond acceptors (Lipinski definition) is 3. The highest BCUT2D eigenvalue weighted by atomic mass is 19.1. The molecule has 1 aromatic carbocycles. The molecular weight excluding hydrogens is 296 g/mol. The smallest absolute Gasteiger partial charge is 0.242 e. The molecule has 120 valence electrons. The van der Waals surface area contributed by atoms with Crippen molar-refractivity contribution in [2.24, 2.45) is 5.73 Å². The molecule has 0 fully saturated rings. The Balaban J connectivity index is 2.57. The number of hydrogen-bond donors (Lipinski definition) is 3. The fraction of sp³-hybridized carbons (Fsp3) is 0.357. The summed E-state index contributed by atoms with van der Waals surface area (Å²) in [6.45, 7) is 2.82. The second kappa shape index (κ2) is 7.48. The summed E-state index contributed by atoms with van der Waals surface area (Å²) in [5, 5.41) is 4.68. The van der Waals surface area contributed by atoms with Gasteiger partial charge in [0, 0.05) is 6.07 Å². The number of amides is 3. The van der Waals surface area contributed by atoms with Crippen LogP contribution < -0.4 is 16.4 Å². The molecule has 0 heterocycles. The van der Waals surface area contributed by atoms with E-state index < -0.39 is 41.4 Å². The zero-order chi connectivity index (χ0) is 16.9. The van der Waals surface area contributed by atoms with Gasteiger partial charge in [0.2, 0.25) is 17.7 Å². The first kappa shape index (κ1) is 17.5. The van der Waals surface area contributed by atoms with Crippen LogP contribution in [0.25, 0.3) is 0 Å². The average molecular weight is 313 g/mol. The molecule has 6 nitrogen and oxygen atoms in total. The molecule has 2 unspecified atom stereocenters. The maximum absolute atomic E-state index is 13.0. The van der Waals surface area contributed by atoms with Gasteiger partial charge in [0.25, 0.3) is 0 Å². The van der Waals surface area contributed by atoms with Gasteiger partial charge in [-0.15, -0.1) is 0 Å². The predicted octanol–water partition coefficient (Wildman–Crippen LogP) is 0.00200. The van der Waals surface area contributed by atoms with E-state index in [9.17, 15) is 23.2 Å².